The van der Waals surface area contributed by atoms with Gasteiger partial charge in [0.2, 0.25) is 0 Å². The van der Waals surface area contributed by atoms with Crippen LogP contribution in [-0.2, 0) is 6.42 Å². The average molecular weight is 339 g/mol. The summed E-state index contributed by atoms with van der Waals surface area (Å²) >= 11 is 2.02. The van der Waals surface area contributed by atoms with E-state index in [9.17, 15) is 0 Å². The van der Waals surface area contributed by atoms with Gasteiger partial charge in [0.05, 0.1) is 11.4 Å². The zero-order valence-electron chi connectivity index (χ0n) is 14.2. The molecule has 2 nitrogen and oxygen atoms in total. The Hall–Kier alpha value is -1.45. The number of nitrogens with zero attached hydrogens (tertiary/aromatic N) is 2. The molecule has 1 fully saturated rings. The maximum Gasteiger partial charge on any atom is 0.0557 e. The van der Waals surface area contributed by atoms with Crippen molar-refractivity contribution in [2.45, 2.75) is 37.4 Å². The fourth-order valence-electron chi connectivity index (χ4n) is 3.84. The van der Waals surface area contributed by atoms with Gasteiger partial charge in [-0.1, -0.05) is 36.4 Å². The third kappa shape index (κ3) is 3.62. The van der Waals surface area contributed by atoms with E-state index in [0.29, 0.717) is 5.25 Å². The van der Waals surface area contributed by atoms with Crippen molar-refractivity contribution in [2.75, 3.05) is 23.9 Å². The lowest BCUT2D eigenvalue weighted by molar-refractivity contribution is 0.329. The number of fused-ring (bicyclic) bond motifs is 1. The lowest BCUT2D eigenvalue weighted by atomic mass is 10.0. The normalized spacial score (nSPS) is 21.0. The van der Waals surface area contributed by atoms with Gasteiger partial charge in [0.15, 0.2) is 0 Å². The summed E-state index contributed by atoms with van der Waals surface area (Å²) in [6.07, 6.45) is 6.62. The quantitative estimate of drug-likeness (QED) is 0.685. The van der Waals surface area contributed by atoms with Gasteiger partial charge in [-0.25, -0.2) is 0 Å². The molecule has 0 radical (unpaired) electrons. The number of anilines is 2. The van der Waals surface area contributed by atoms with Crippen LogP contribution in [0.5, 0.6) is 0 Å². The molecule has 24 heavy (non-hydrogen) atoms. The van der Waals surface area contributed by atoms with Crippen molar-refractivity contribution in [3.8, 4) is 0 Å². The molecule has 0 saturated carbocycles. The maximum absolute atomic E-state index is 2.64. The summed E-state index contributed by atoms with van der Waals surface area (Å²) in [7, 11) is 0. The van der Waals surface area contributed by atoms with Crippen molar-refractivity contribution in [1.82, 2.24) is 4.90 Å². The minimum atomic E-state index is 0.683. The zero-order valence-corrected chi connectivity index (χ0v) is 15.0. The number of hydrogen-bond acceptors (Lipinski definition) is 3. The minimum Gasteiger partial charge on any atom is -0.303 e. The zero-order chi connectivity index (χ0) is 16.2. The molecule has 0 aliphatic carbocycles. The molecule has 2 aromatic carbocycles. The Morgan fingerprint density at radius 2 is 1.67 bits per heavy atom. The van der Waals surface area contributed by atoms with E-state index in [0.717, 1.165) is 0 Å². The van der Waals surface area contributed by atoms with Crippen LogP contribution in [-0.4, -0.2) is 29.8 Å². The lowest BCUT2D eigenvalue weighted by Crippen LogP contribution is -2.26. The highest BCUT2D eigenvalue weighted by molar-refractivity contribution is 8.01. The summed E-state index contributed by atoms with van der Waals surface area (Å²) in [4.78, 5) is 2.64. The first-order chi connectivity index (χ1) is 11.9. The number of benzene rings is 2. The summed E-state index contributed by atoms with van der Waals surface area (Å²) in [5.74, 6) is 0. The summed E-state index contributed by atoms with van der Waals surface area (Å²) in [5, 5.41) is 0.683. The van der Waals surface area contributed by atoms with Crippen LogP contribution in [0.15, 0.2) is 54.6 Å². The molecule has 126 valence electrons. The van der Waals surface area contributed by atoms with Crippen LogP contribution in [0.25, 0.3) is 0 Å². The molecule has 2 aliphatic heterocycles. The van der Waals surface area contributed by atoms with Gasteiger partial charge in [0.25, 0.3) is 0 Å². The van der Waals surface area contributed by atoms with Crippen molar-refractivity contribution < 1.29 is 0 Å². The molecule has 2 aromatic rings. The van der Waals surface area contributed by atoms with Crippen molar-refractivity contribution in [3.05, 3.63) is 60.2 Å². The summed E-state index contributed by atoms with van der Waals surface area (Å²) in [6, 6.07) is 19.7. The van der Waals surface area contributed by atoms with Crippen molar-refractivity contribution in [2.24, 2.45) is 0 Å². The molecule has 0 bridgehead atoms. The van der Waals surface area contributed by atoms with Gasteiger partial charge in [0.1, 0.15) is 0 Å². The molecule has 0 aromatic heterocycles. The van der Waals surface area contributed by atoms with E-state index in [-0.39, 0.29) is 0 Å². The standard InChI is InChI=1S/C21H26N2S/c1-2-10-19(11-3-1)23-21-13-5-4-9-18(21)17-20(24-23)12-8-16-22-14-6-7-15-22/h1-5,9-11,13,20H,6-8,12,14-17H2. The third-order valence-corrected chi connectivity index (χ3v) is 6.42. The highest BCUT2D eigenvalue weighted by Crippen LogP contribution is 2.43. The summed E-state index contributed by atoms with van der Waals surface area (Å²) in [6.45, 7) is 3.91. The molecule has 0 amide bonds. The predicted octanol–water partition coefficient (Wildman–Crippen LogP) is 5.27. The van der Waals surface area contributed by atoms with Gasteiger partial charge in [-0.05, 0) is 87.4 Å². The second kappa shape index (κ2) is 7.62. The van der Waals surface area contributed by atoms with Crippen molar-refractivity contribution in [3.63, 3.8) is 0 Å². The van der Waals surface area contributed by atoms with Gasteiger partial charge >= 0.3 is 0 Å². The molecule has 1 atom stereocenters. The fourth-order valence-corrected chi connectivity index (χ4v) is 5.20. The van der Waals surface area contributed by atoms with E-state index in [1.807, 2.05) is 11.9 Å². The Labute approximate surface area is 150 Å². The van der Waals surface area contributed by atoms with Gasteiger partial charge in [-0.15, -0.1) is 0 Å². The highest BCUT2D eigenvalue weighted by atomic mass is 32.2. The number of rotatable bonds is 5. The summed E-state index contributed by atoms with van der Waals surface area (Å²) in [5.41, 5.74) is 4.15. The van der Waals surface area contributed by atoms with E-state index >= 15 is 0 Å². The van der Waals surface area contributed by atoms with Gasteiger partial charge in [-0.2, -0.15) is 0 Å². The summed E-state index contributed by atoms with van der Waals surface area (Å²) < 4.78 is 2.44. The first-order valence-electron chi connectivity index (χ1n) is 9.22. The molecule has 4 rings (SSSR count). The highest BCUT2D eigenvalue weighted by Gasteiger charge is 2.26. The lowest BCUT2D eigenvalue weighted by Gasteiger charge is -2.35. The van der Waals surface area contributed by atoms with Gasteiger partial charge in [-0.3, -0.25) is 4.31 Å². The Morgan fingerprint density at radius 3 is 2.50 bits per heavy atom. The largest absolute Gasteiger partial charge is 0.303 e. The van der Waals surface area contributed by atoms with Gasteiger partial charge < -0.3 is 4.90 Å². The Bertz CT molecular complexity index is 652. The van der Waals surface area contributed by atoms with Crippen LogP contribution in [0.3, 0.4) is 0 Å². The van der Waals surface area contributed by atoms with Crippen LogP contribution in [0.2, 0.25) is 0 Å². The second-order valence-electron chi connectivity index (χ2n) is 6.88. The van der Waals surface area contributed by atoms with Gasteiger partial charge in [0, 0.05) is 5.25 Å². The Kier molecular flexibility index (Phi) is 5.10. The van der Waals surface area contributed by atoms with E-state index in [4.69, 9.17) is 0 Å². The Balaban J connectivity index is 1.46. The Morgan fingerprint density at radius 1 is 0.917 bits per heavy atom. The SMILES string of the molecule is c1ccc(N2SC(CCCN3CCCC3)Cc3ccccc32)cc1. The van der Waals surface area contributed by atoms with Crippen LogP contribution in [0.4, 0.5) is 11.4 Å². The maximum atomic E-state index is 2.64. The average Bonchev–Trinajstić information content (AvgIpc) is 3.15. The minimum absolute atomic E-state index is 0.683. The van der Waals surface area contributed by atoms with Crippen LogP contribution in [0, 0.1) is 0 Å². The van der Waals surface area contributed by atoms with E-state index < -0.39 is 0 Å². The van der Waals surface area contributed by atoms with E-state index in [1.54, 1.807) is 0 Å². The third-order valence-electron chi connectivity index (χ3n) is 5.10. The van der Waals surface area contributed by atoms with Crippen LogP contribution in [0.1, 0.15) is 31.2 Å². The molecule has 3 heteroatoms. The number of likely N-dealkylation sites (tertiary alicyclic amines) is 1. The van der Waals surface area contributed by atoms with Crippen LogP contribution >= 0.6 is 11.9 Å². The monoisotopic (exact) mass is 338 g/mol. The molecule has 1 saturated heterocycles. The van der Waals surface area contributed by atoms with Crippen molar-refractivity contribution in [1.29, 1.82) is 0 Å². The number of para-hydroxylation sites is 2. The second-order valence-corrected chi connectivity index (χ2v) is 8.12. The van der Waals surface area contributed by atoms with Crippen molar-refractivity contribution >= 4 is 23.3 Å². The molecule has 0 spiro atoms. The molecular weight excluding hydrogens is 312 g/mol. The molecular formula is C21H26N2S. The van der Waals surface area contributed by atoms with E-state index in [2.05, 4.69) is 63.8 Å². The first kappa shape index (κ1) is 16.0. The molecule has 2 aliphatic rings. The topological polar surface area (TPSA) is 6.48 Å². The smallest absolute Gasteiger partial charge is 0.0557 e. The molecule has 0 N–H and O–H groups in total. The first-order valence-corrected chi connectivity index (χ1v) is 10.1. The van der Waals surface area contributed by atoms with E-state index in [1.165, 1.54) is 68.7 Å². The molecule has 2 heterocycles. The van der Waals surface area contributed by atoms with Crippen LogP contribution < -0.4 is 4.31 Å². The fraction of sp³-hybridized carbons (Fsp3) is 0.429. The number of hydrogen-bond donors (Lipinski definition) is 0. The predicted molar refractivity (Wildman–Crippen MR) is 105 cm³/mol. The molecule has 1 unspecified atom stereocenters.